The largest absolute Gasteiger partial charge is 0.342 e. The Hall–Kier alpha value is -1.99. The highest BCUT2D eigenvalue weighted by atomic mass is 32.2. The molecule has 0 heterocycles. The van der Waals surface area contributed by atoms with Crippen molar-refractivity contribution in [1.82, 2.24) is 5.32 Å². The van der Waals surface area contributed by atoms with Crippen LogP contribution in [0.1, 0.15) is 10.4 Å². The molecule has 1 aromatic rings. The number of benzene rings is 1. The molecule has 3 nitrogen and oxygen atoms in total. The molecule has 0 atom stereocenters. The van der Waals surface area contributed by atoms with Gasteiger partial charge in [0.1, 0.15) is 0 Å². The first-order chi connectivity index (χ1) is 8.24. The van der Waals surface area contributed by atoms with Gasteiger partial charge in [0, 0.05) is 11.6 Å². The summed E-state index contributed by atoms with van der Waals surface area (Å²) in [6.45, 7) is 0.181. The van der Waals surface area contributed by atoms with Crippen molar-refractivity contribution in [2.24, 2.45) is 0 Å². The Bertz CT molecular complexity index is 460. The summed E-state index contributed by atoms with van der Waals surface area (Å²) in [5, 5.41) is 3.80. The van der Waals surface area contributed by atoms with Crippen molar-refractivity contribution in [2.45, 2.75) is 0 Å². The number of hydrogen-bond donors (Lipinski definition) is 1. The number of carbonyl (C=O) groups is 2. The highest BCUT2D eigenvalue weighted by Crippen LogP contribution is 2.12. The van der Waals surface area contributed by atoms with Crippen molar-refractivity contribution in [1.29, 1.82) is 0 Å². The lowest BCUT2D eigenvalue weighted by atomic mass is 10.2. The summed E-state index contributed by atoms with van der Waals surface area (Å²) in [6.07, 6.45) is 6.26. The van der Waals surface area contributed by atoms with Crippen LogP contribution in [0.25, 0.3) is 0 Å². The average Bonchev–Trinajstić information content (AvgIpc) is 2.37. The molecule has 0 radical (unpaired) electrons. The van der Waals surface area contributed by atoms with Gasteiger partial charge >= 0.3 is 0 Å². The molecular formula is C13H11NO2S. The van der Waals surface area contributed by atoms with Crippen LogP contribution < -0.4 is 5.32 Å². The molecule has 0 spiro atoms. The molecular weight excluding hydrogens is 234 g/mol. The van der Waals surface area contributed by atoms with E-state index in [2.05, 4.69) is 11.2 Å². The number of hydrogen-bond acceptors (Lipinski definition) is 3. The van der Waals surface area contributed by atoms with Gasteiger partial charge in [0.25, 0.3) is 0 Å². The van der Waals surface area contributed by atoms with Crippen molar-refractivity contribution >= 4 is 22.8 Å². The van der Waals surface area contributed by atoms with E-state index in [9.17, 15) is 9.59 Å². The van der Waals surface area contributed by atoms with Crippen LogP contribution in [-0.2, 0) is 4.79 Å². The molecule has 0 aliphatic heterocycles. The van der Waals surface area contributed by atoms with Gasteiger partial charge in [-0.2, -0.15) is 0 Å². The molecule has 17 heavy (non-hydrogen) atoms. The van der Waals surface area contributed by atoms with E-state index in [-0.39, 0.29) is 17.6 Å². The maximum atomic E-state index is 11.6. The summed E-state index contributed by atoms with van der Waals surface area (Å²) < 4.78 is 0. The Morgan fingerprint density at radius 3 is 2.71 bits per heavy atom. The lowest BCUT2D eigenvalue weighted by Crippen LogP contribution is -2.20. The monoisotopic (exact) mass is 245 g/mol. The fraction of sp³-hybridized carbons (Fsp3) is 0.0769. The summed E-state index contributed by atoms with van der Waals surface area (Å²) >= 11 is 0.959. The standard InChI is InChI=1S/C13H11NO2S/c1-2-9-14-12(15)8-10-17-13(16)11-6-4-3-5-7-11/h1,3-8,10H,9H2,(H,14,15)/b10-8-. The summed E-state index contributed by atoms with van der Waals surface area (Å²) in [4.78, 5) is 22.7. The first-order valence-electron chi connectivity index (χ1n) is 4.88. The normalized spacial score (nSPS) is 9.82. The third-order valence-electron chi connectivity index (χ3n) is 1.77. The van der Waals surface area contributed by atoms with E-state index < -0.39 is 0 Å². The van der Waals surface area contributed by atoms with Crippen LogP contribution in [-0.4, -0.2) is 17.6 Å². The van der Waals surface area contributed by atoms with E-state index in [1.807, 2.05) is 6.07 Å². The first-order valence-corrected chi connectivity index (χ1v) is 5.76. The molecule has 0 saturated heterocycles. The van der Waals surface area contributed by atoms with E-state index in [1.165, 1.54) is 11.5 Å². The van der Waals surface area contributed by atoms with Crippen LogP contribution in [0.15, 0.2) is 41.8 Å². The zero-order valence-corrected chi connectivity index (χ0v) is 9.87. The van der Waals surface area contributed by atoms with Crippen LogP contribution in [0.4, 0.5) is 0 Å². The summed E-state index contributed by atoms with van der Waals surface area (Å²) in [7, 11) is 0. The quantitative estimate of drug-likeness (QED) is 0.650. The third-order valence-corrected chi connectivity index (χ3v) is 2.49. The lowest BCUT2D eigenvalue weighted by molar-refractivity contribution is -0.116. The third kappa shape index (κ3) is 5.05. The number of amides is 1. The Morgan fingerprint density at radius 1 is 1.35 bits per heavy atom. The molecule has 0 unspecified atom stereocenters. The minimum absolute atomic E-state index is 0.105. The SMILES string of the molecule is C#CCNC(=O)/C=C\SC(=O)c1ccccc1. The summed E-state index contributed by atoms with van der Waals surface area (Å²) in [5.41, 5.74) is 0.603. The van der Waals surface area contributed by atoms with Gasteiger partial charge in [-0.15, -0.1) is 6.42 Å². The van der Waals surface area contributed by atoms with Gasteiger partial charge in [0.15, 0.2) is 0 Å². The Kier molecular flexibility index (Phi) is 5.62. The molecule has 86 valence electrons. The smallest absolute Gasteiger partial charge is 0.245 e. The van der Waals surface area contributed by atoms with E-state index >= 15 is 0 Å². The predicted molar refractivity (Wildman–Crippen MR) is 69.3 cm³/mol. The second-order valence-electron chi connectivity index (χ2n) is 3.00. The van der Waals surface area contributed by atoms with Crippen LogP contribution in [0.2, 0.25) is 0 Å². The van der Waals surface area contributed by atoms with Gasteiger partial charge < -0.3 is 5.32 Å². The maximum Gasteiger partial charge on any atom is 0.245 e. The highest BCUT2D eigenvalue weighted by molar-refractivity contribution is 8.16. The molecule has 0 aromatic heterocycles. The average molecular weight is 245 g/mol. The van der Waals surface area contributed by atoms with E-state index in [1.54, 1.807) is 24.3 Å². The summed E-state index contributed by atoms with van der Waals surface area (Å²) in [5.74, 6) is 1.98. The molecule has 0 bridgehead atoms. The van der Waals surface area contributed by atoms with E-state index in [0.717, 1.165) is 11.8 Å². The minimum Gasteiger partial charge on any atom is -0.342 e. The van der Waals surface area contributed by atoms with Gasteiger partial charge in [-0.3, -0.25) is 9.59 Å². The number of thioether (sulfide) groups is 1. The van der Waals surface area contributed by atoms with Crippen molar-refractivity contribution in [3.05, 3.63) is 47.4 Å². The Balaban J connectivity index is 2.41. The molecule has 1 rings (SSSR count). The van der Waals surface area contributed by atoms with Gasteiger partial charge in [-0.1, -0.05) is 48.0 Å². The highest BCUT2D eigenvalue weighted by Gasteiger charge is 2.02. The predicted octanol–water partition coefficient (Wildman–Crippen LogP) is 1.82. The van der Waals surface area contributed by atoms with Crippen molar-refractivity contribution < 1.29 is 9.59 Å². The molecule has 1 aromatic carbocycles. The van der Waals surface area contributed by atoms with Crippen LogP contribution >= 0.6 is 11.8 Å². The minimum atomic E-state index is -0.309. The molecule has 4 heteroatoms. The fourth-order valence-electron chi connectivity index (χ4n) is 0.997. The van der Waals surface area contributed by atoms with Gasteiger partial charge in [0.05, 0.1) is 6.54 Å². The topological polar surface area (TPSA) is 46.2 Å². The van der Waals surface area contributed by atoms with Crippen molar-refractivity contribution in [3.8, 4) is 12.3 Å². The molecule has 1 N–H and O–H groups in total. The second kappa shape index (κ2) is 7.31. The molecule has 0 saturated carbocycles. The second-order valence-corrected chi connectivity index (χ2v) is 3.87. The zero-order chi connectivity index (χ0) is 12.5. The van der Waals surface area contributed by atoms with E-state index in [0.29, 0.717) is 5.56 Å². The Labute approximate surface area is 104 Å². The lowest BCUT2D eigenvalue weighted by Gasteiger charge is -1.96. The number of carbonyl (C=O) groups excluding carboxylic acids is 2. The van der Waals surface area contributed by atoms with Crippen LogP contribution in [0.3, 0.4) is 0 Å². The van der Waals surface area contributed by atoms with Gasteiger partial charge in [0.2, 0.25) is 11.0 Å². The molecule has 0 fully saturated rings. The molecule has 0 aliphatic carbocycles. The van der Waals surface area contributed by atoms with Gasteiger partial charge in [-0.25, -0.2) is 0 Å². The molecule has 0 aliphatic rings. The maximum absolute atomic E-state index is 11.6. The fourth-order valence-corrected chi connectivity index (χ4v) is 1.58. The summed E-state index contributed by atoms with van der Waals surface area (Å²) in [6, 6.07) is 8.86. The number of nitrogens with one attached hydrogen (secondary N) is 1. The Morgan fingerprint density at radius 2 is 2.06 bits per heavy atom. The van der Waals surface area contributed by atoms with Crippen molar-refractivity contribution in [3.63, 3.8) is 0 Å². The molecule has 1 amide bonds. The van der Waals surface area contributed by atoms with Crippen LogP contribution in [0, 0.1) is 12.3 Å². The van der Waals surface area contributed by atoms with Crippen LogP contribution in [0.5, 0.6) is 0 Å². The van der Waals surface area contributed by atoms with Crippen molar-refractivity contribution in [2.75, 3.05) is 6.54 Å². The van der Waals surface area contributed by atoms with Gasteiger partial charge in [-0.05, 0) is 5.41 Å². The zero-order valence-electron chi connectivity index (χ0n) is 9.05. The number of terminal acetylenes is 1. The first kappa shape index (κ1) is 13.1. The number of rotatable bonds is 4. The van der Waals surface area contributed by atoms with E-state index in [4.69, 9.17) is 6.42 Å².